The first kappa shape index (κ1) is 22.2. The van der Waals surface area contributed by atoms with Crippen molar-refractivity contribution in [1.29, 1.82) is 0 Å². The van der Waals surface area contributed by atoms with Gasteiger partial charge in [-0.15, -0.1) is 0 Å². The summed E-state index contributed by atoms with van der Waals surface area (Å²) < 4.78 is 24.2. The topological polar surface area (TPSA) is 106 Å². The average molecular weight is 435 g/mol. The van der Waals surface area contributed by atoms with Crippen LogP contribution in [0.15, 0.2) is 77.9 Å². The number of esters is 1. The number of nitrogens with zero attached hydrogens (tertiary/aromatic N) is 1. The Morgan fingerprint density at radius 1 is 0.875 bits per heavy atom. The van der Waals surface area contributed by atoms with Gasteiger partial charge in [-0.05, 0) is 36.4 Å². The molecule has 9 heteroatoms. The van der Waals surface area contributed by atoms with Crippen molar-refractivity contribution in [3.63, 3.8) is 0 Å². The number of hydrazone groups is 1. The Labute approximate surface area is 182 Å². The van der Waals surface area contributed by atoms with Gasteiger partial charge in [0.1, 0.15) is 22.9 Å². The monoisotopic (exact) mass is 435 g/mol. The van der Waals surface area contributed by atoms with Crippen molar-refractivity contribution in [2.24, 2.45) is 5.10 Å². The van der Waals surface area contributed by atoms with Gasteiger partial charge in [0.15, 0.2) is 0 Å². The van der Waals surface area contributed by atoms with E-state index in [-0.39, 0.29) is 17.0 Å². The zero-order valence-electron chi connectivity index (χ0n) is 16.9. The molecule has 0 saturated carbocycles. The lowest BCUT2D eigenvalue weighted by Gasteiger charge is -2.10. The number of amides is 2. The number of methoxy groups -OCH3 is 1. The van der Waals surface area contributed by atoms with Crippen molar-refractivity contribution in [2.45, 2.75) is 0 Å². The first-order chi connectivity index (χ1) is 15.5. The predicted molar refractivity (Wildman–Crippen MR) is 115 cm³/mol. The second-order valence-corrected chi connectivity index (χ2v) is 6.26. The fourth-order valence-electron chi connectivity index (χ4n) is 2.60. The zero-order chi connectivity index (χ0) is 22.9. The molecule has 0 fully saturated rings. The number of rotatable bonds is 6. The molecule has 0 aromatic heterocycles. The Morgan fingerprint density at radius 2 is 1.53 bits per heavy atom. The highest BCUT2D eigenvalue weighted by Crippen LogP contribution is 2.22. The first-order valence-corrected chi connectivity index (χ1v) is 9.32. The van der Waals surface area contributed by atoms with E-state index in [9.17, 15) is 18.8 Å². The summed E-state index contributed by atoms with van der Waals surface area (Å²) in [6.07, 6.45) is 1.21. The van der Waals surface area contributed by atoms with Gasteiger partial charge >= 0.3 is 17.8 Å². The van der Waals surface area contributed by atoms with Crippen LogP contribution in [0.5, 0.6) is 11.5 Å². The summed E-state index contributed by atoms with van der Waals surface area (Å²) in [4.78, 5) is 36.3. The quantitative estimate of drug-likeness (QED) is 0.203. The van der Waals surface area contributed by atoms with E-state index in [0.29, 0.717) is 11.3 Å². The highest BCUT2D eigenvalue weighted by molar-refractivity contribution is 6.39. The maximum atomic E-state index is 13.6. The van der Waals surface area contributed by atoms with Crippen molar-refractivity contribution in [3.05, 3.63) is 89.7 Å². The second-order valence-electron chi connectivity index (χ2n) is 6.26. The van der Waals surface area contributed by atoms with Gasteiger partial charge in [-0.3, -0.25) is 9.59 Å². The van der Waals surface area contributed by atoms with Crippen LogP contribution in [-0.4, -0.2) is 31.1 Å². The minimum Gasteiger partial charge on any atom is -0.496 e. The van der Waals surface area contributed by atoms with Gasteiger partial charge in [-0.1, -0.05) is 36.4 Å². The van der Waals surface area contributed by atoms with E-state index in [2.05, 4.69) is 10.4 Å². The zero-order valence-corrected chi connectivity index (χ0v) is 16.9. The summed E-state index contributed by atoms with van der Waals surface area (Å²) in [5.74, 6) is -2.98. The Kier molecular flexibility index (Phi) is 7.26. The summed E-state index contributed by atoms with van der Waals surface area (Å²) in [5.41, 5.74) is 2.50. The molecule has 162 valence electrons. The van der Waals surface area contributed by atoms with Crippen LogP contribution in [-0.2, 0) is 9.59 Å². The third-order valence-electron chi connectivity index (χ3n) is 4.15. The molecule has 0 aliphatic rings. The van der Waals surface area contributed by atoms with Crippen LogP contribution in [0.3, 0.4) is 0 Å². The molecule has 0 bridgehead atoms. The standard InChI is InChI=1S/C23H18FN3O5/c1-31-20-13-7-3-9-16(20)23(30)32-19-12-6-2-8-15(19)14-25-27-22(29)21(28)26-18-11-5-4-10-17(18)24/h2-14H,1H3,(H,26,28)(H,27,29). The van der Waals surface area contributed by atoms with Crippen LogP contribution in [0.1, 0.15) is 15.9 Å². The van der Waals surface area contributed by atoms with Gasteiger partial charge in [-0.25, -0.2) is 14.6 Å². The van der Waals surface area contributed by atoms with E-state index in [4.69, 9.17) is 9.47 Å². The van der Waals surface area contributed by atoms with Gasteiger partial charge in [0.05, 0.1) is 19.0 Å². The van der Waals surface area contributed by atoms with E-state index in [1.165, 1.54) is 31.5 Å². The number of carbonyl (C=O) groups is 3. The minimum absolute atomic E-state index is 0.134. The number of benzene rings is 3. The third kappa shape index (κ3) is 5.54. The normalized spacial score (nSPS) is 10.4. The molecule has 2 N–H and O–H groups in total. The fourth-order valence-corrected chi connectivity index (χ4v) is 2.60. The number of hydrogen-bond donors (Lipinski definition) is 2. The van der Waals surface area contributed by atoms with Crippen molar-refractivity contribution in [2.75, 3.05) is 12.4 Å². The van der Waals surface area contributed by atoms with E-state index >= 15 is 0 Å². The van der Waals surface area contributed by atoms with E-state index in [0.717, 1.165) is 6.07 Å². The molecular formula is C23H18FN3O5. The lowest BCUT2D eigenvalue weighted by Crippen LogP contribution is -2.32. The second kappa shape index (κ2) is 10.5. The molecule has 0 saturated heterocycles. The number of anilines is 1. The Morgan fingerprint density at radius 3 is 2.28 bits per heavy atom. The third-order valence-corrected chi connectivity index (χ3v) is 4.15. The molecule has 32 heavy (non-hydrogen) atoms. The molecule has 0 aliphatic heterocycles. The summed E-state index contributed by atoms with van der Waals surface area (Å²) in [7, 11) is 1.44. The van der Waals surface area contributed by atoms with Crippen molar-refractivity contribution < 1.29 is 28.2 Å². The van der Waals surface area contributed by atoms with Crippen LogP contribution in [0.25, 0.3) is 0 Å². The molecule has 3 aromatic rings. The Bertz CT molecular complexity index is 1180. The minimum atomic E-state index is -1.10. The van der Waals surface area contributed by atoms with Crippen LogP contribution < -0.4 is 20.2 Å². The van der Waals surface area contributed by atoms with Crippen LogP contribution in [0.2, 0.25) is 0 Å². The summed E-state index contributed by atoms with van der Waals surface area (Å²) in [6.45, 7) is 0. The molecule has 0 spiro atoms. The lowest BCUT2D eigenvalue weighted by atomic mass is 10.2. The molecule has 0 unspecified atom stereocenters. The van der Waals surface area contributed by atoms with Gasteiger partial charge in [0.25, 0.3) is 0 Å². The molecule has 0 radical (unpaired) electrons. The first-order valence-electron chi connectivity index (χ1n) is 9.32. The van der Waals surface area contributed by atoms with Crippen molar-refractivity contribution in [1.82, 2.24) is 5.43 Å². The number of halogens is 1. The Hall–Kier alpha value is -4.53. The van der Waals surface area contributed by atoms with Gasteiger partial charge < -0.3 is 14.8 Å². The highest BCUT2D eigenvalue weighted by Gasteiger charge is 2.16. The van der Waals surface area contributed by atoms with Crippen LogP contribution in [0, 0.1) is 5.82 Å². The van der Waals surface area contributed by atoms with E-state index < -0.39 is 23.6 Å². The molecule has 0 atom stereocenters. The highest BCUT2D eigenvalue weighted by atomic mass is 19.1. The van der Waals surface area contributed by atoms with Crippen molar-refractivity contribution in [3.8, 4) is 11.5 Å². The molecule has 0 aliphatic carbocycles. The number of ether oxygens (including phenoxy) is 2. The molecule has 2 amide bonds. The smallest absolute Gasteiger partial charge is 0.347 e. The maximum absolute atomic E-state index is 13.6. The summed E-state index contributed by atoms with van der Waals surface area (Å²) >= 11 is 0. The molecular weight excluding hydrogens is 417 g/mol. The largest absolute Gasteiger partial charge is 0.496 e. The van der Waals surface area contributed by atoms with Crippen LogP contribution >= 0.6 is 0 Å². The van der Waals surface area contributed by atoms with E-state index in [1.54, 1.807) is 48.5 Å². The number of hydrogen-bond acceptors (Lipinski definition) is 6. The number of carbonyl (C=O) groups excluding carboxylic acids is 3. The number of para-hydroxylation sites is 3. The average Bonchev–Trinajstić information content (AvgIpc) is 2.81. The van der Waals surface area contributed by atoms with E-state index in [1.807, 2.05) is 5.43 Å². The van der Waals surface area contributed by atoms with Gasteiger partial charge in [0.2, 0.25) is 0 Å². The number of nitrogens with one attached hydrogen (secondary N) is 2. The van der Waals surface area contributed by atoms with Crippen molar-refractivity contribution >= 4 is 29.7 Å². The predicted octanol–water partition coefficient (Wildman–Crippen LogP) is 3.14. The van der Waals surface area contributed by atoms with Gasteiger partial charge in [0, 0.05) is 5.56 Å². The summed E-state index contributed by atoms with van der Waals surface area (Å²) in [5, 5.41) is 5.85. The fraction of sp³-hybridized carbons (Fsp3) is 0.0435. The lowest BCUT2D eigenvalue weighted by molar-refractivity contribution is -0.136. The SMILES string of the molecule is COc1ccccc1C(=O)Oc1ccccc1C=NNC(=O)C(=O)Nc1ccccc1F. The summed E-state index contributed by atoms with van der Waals surface area (Å²) in [6, 6.07) is 18.5. The van der Waals surface area contributed by atoms with Crippen LogP contribution in [0.4, 0.5) is 10.1 Å². The maximum Gasteiger partial charge on any atom is 0.347 e. The molecule has 8 nitrogen and oxygen atoms in total. The molecule has 0 heterocycles. The Balaban J connectivity index is 1.65. The molecule has 3 rings (SSSR count). The van der Waals surface area contributed by atoms with Gasteiger partial charge in [-0.2, -0.15) is 5.10 Å². The molecule has 3 aromatic carbocycles.